The minimum Gasteiger partial charge on any atom is -0.355 e. The maximum atomic E-state index is 5.92. The fourth-order valence-electron chi connectivity index (χ4n) is 1.68. The van der Waals surface area contributed by atoms with Crippen molar-refractivity contribution >= 4 is 28.8 Å². The summed E-state index contributed by atoms with van der Waals surface area (Å²) in [6, 6.07) is 7.96. The van der Waals surface area contributed by atoms with Crippen LogP contribution < -0.4 is 10.6 Å². The number of aromatic nitrogens is 1. The number of anilines is 1. The number of hydrogen-bond acceptors (Lipinski definition) is 4. The highest BCUT2D eigenvalue weighted by molar-refractivity contribution is 7.16. The summed E-state index contributed by atoms with van der Waals surface area (Å²) in [4.78, 5) is 7.68. The third kappa shape index (κ3) is 3.22. The van der Waals surface area contributed by atoms with Crippen molar-refractivity contribution < 1.29 is 0 Å². The second-order valence-corrected chi connectivity index (χ2v) is 6.10. The largest absolute Gasteiger partial charge is 0.355 e. The highest BCUT2D eigenvalue weighted by atomic mass is 35.5. The molecule has 1 atom stereocenters. The van der Waals surface area contributed by atoms with Gasteiger partial charge in [-0.1, -0.05) is 11.6 Å². The fourth-order valence-corrected chi connectivity index (χ4v) is 2.82. The molecule has 96 valence electrons. The van der Waals surface area contributed by atoms with Gasteiger partial charge < -0.3 is 10.6 Å². The van der Waals surface area contributed by atoms with E-state index in [4.69, 9.17) is 17.3 Å². The van der Waals surface area contributed by atoms with Gasteiger partial charge in [-0.15, -0.1) is 11.3 Å². The van der Waals surface area contributed by atoms with Gasteiger partial charge in [-0.05, 0) is 36.8 Å². The lowest BCUT2D eigenvalue weighted by molar-refractivity contribution is 0.810. The van der Waals surface area contributed by atoms with E-state index in [1.165, 1.54) is 4.88 Å². The molecule has 0 spiro atoms. The van der Waals surface area contributed by atoms with E-state index in [0.29, 0.717) is 0 Å². The number of pyridine rings is 1. The van der Waals surface area contributed by atoms with Gasteiger partial charge in [0.05, 0.1) is 10.9 Å². The van der Waals surface area contributed by atoms with Crippen molar-refractivity contribution in [2.45, 2.75) is 19.5 Å². The molecule has 0 radical (unpaired) electrons. The molecule has 18 heavy (non-hydrogen) atoms. The van der Waals surface area contributed by atoms with Crippen LogP contribution in [-0.4, -0.2) is 12.0 Å². The highest BCUT2D eigenvalue weighted by Crippen LogP contribution is 2.24. The first-order valence-electron chi connectivity index (χ1n) is 5.73. The molecule has 2 N–H and O–H groups in total. The average Bonchev–Trinajstić information content (AvgIpc) is 2.75. The smallest absolute Gasteiger partial charge is 0.128 e. The molecular formula is C13H16ClN3S. The Balaban J connectivity index is 2.13. The van der Waals surface area contributed by atoms with Gasteiger partial charge in [-0.2, -0.15) is 0 Å². The van der Waals surface area contributed by atoms with Crippen LogP contribution in [0.3, 0.4) is 0 Å². The fraction of sp³-hybridized carbons (Fsp3) is 0.308. The summed E-state index contributed by atoms with van der Waals surface area (Å²) in [7, 11) is 2.01. The van der Waals surface area contributed by atoms with Gasteiger partial charge in [0.15, 0.2) is 0 Å². The lowest BCUT2D eigenvalue weighted by atomic mass is 10.1. The molecule has 0 aliphatic heterocycles. The van der Waals surface area contributed by atoms with Gasteiger partial charge in [0.25, 0.3) is 0 Å². The lowest BCUT2D eigenvalue weighted by Gasteiger charge is -2.18. The monoisotopic (exact) mass is 281 g/mol. The Hall–Kier alpha value is -1.10. The van der Waals surface area contributed by atoms with E-state index in [9.17, 15) is 0 Å². The molecule has 0 saturated heterocycles. The van der Waals surface area contributed by atoms with E-state index in [2.05, 4.69) is 9.88 Å². The molecule has 0 aliphatic carbocycles. The molecule has 2 aromatic heterocycles. The summed E-state index contributed by atoms with van der Waals surface area (Å²) < 4.78 is 0.815. The van der Waals surface area contributed by atoms with E-state index >= 15 is 0 Å². The first-order valence-corrected chi connectivity index (χ1v) is 6.92. The summed E-state index contributed by atoms with van der Waals surface area (Å²) in [5, 5.41) is 0. The molecule has 0 aromatic carbocycles. The van der Waals surface area contributed by atoms with Crippen LogP contribution in [-0.2, 0) is 6.54 Å². The lowest BCUT2D eigenvalue weighted by Crippen LogP contribution is -2.17. The number of halogens is 1. The van der Waals surface area contributed by atoms with Crippen molar-refractivity contribution in [3.63, 3.8) is 0 Å². The van der Waals surface area contributed by atoms with Crippen LogP contribution in [0.4, 0.5) is 5.82 Å². The third-order valence-electron chi connectivity index (χ3n) is 2.71. The van der Waals surface area contributed by atoms with Gasteiger partial charge in [0.1, 0.15) is 5.82 Å². The van der Waals surface area contributed by atoms with Crippen LogP contribution >= 0.6 is 22.9 Å². The zero-order chi connectivity index (χ0) is 13.1. The Morgan fingerprint density at radius 2 is 2.22 bits per heavy atom. The molecular weight excluding hydrogens is 266 g/mol. The van der Waals surface area contributed by atoms with Gasteiger partial charge >= 0.3 is 0 Å². The van der Waals surface area contributed by atoms with E-state index in [-0.39, 0.29) is 6.04 Å². The second-order valence-electron chi connectivity index (χ2n) is 4.30. The van der Waals surface area contributed by atoms with E-state index in [1.807, 2.05) is 38.2 Å². The quantitative estimate of drug-likeness (QED) is 0.933. The number of hydrogen-bond donors (Lipinski definition) is 1. The molecule has 5 heteroatoms. The molecule has 0 saturated carbocycles. The molecule has 2 heterocycles. The average molecular weight is 282 g/mol. The molecule has 0 amide bonds. The zero-order valence-electron chi connectivity index (χ0n) is 10.4. The van der Waals surface area contributed by atoms with Crippen LogP contribution in [0.2, 0.25) is 4.34 Å². The van der Waals surface area contributed by atoms with Crippen LogP contribution in [0.1, 0.15) is 23.4 Å². The number of rotatable bonds is 4. The summed E-state index contributed by atoms with van der Waals surface area (Å²) >= 11 is 7.52. The molecule has 0 aliphatic rings. The summed E-state index contributed by atoms with van der Waals surface area (Å²) in [6.45, 7) is 2.77. The van der Waals surface area contributed by atoms with Gasteiger partial charge in [-0.3, -0.25) is 0 Å². The van der Waals surface area contributed by atoms with Gasteiger partial charge in [0.2, 0.25) is 0 Å². The van der Waals surface area contributed by atoms with Crippen molar-refractivity contribution in [1.82, 2.24) is 4.98 Å². The predicted octanol–water partition coefficient (Wildman–Crippen LogP) is 3.45. The van der Waals surface area contributed by atoms with E-state index in [0.717, 1.165) is 22.3 Å². The molecule has 3 nitrogen and oxygen atoms in total. The Morgan fingerprint density at radius 3 is 2.83 bits per heavy atom. The van der Waals surface area contributed by atoms with Crippen molar-refractivity contribution in [2.24, 2.45) is 5.73 Å². The Labute approximate surface area is 116 Å². The van der Waals surface area contributed by atoms with Crippen molar-refractivity contribution in [2.75, 3.05) is 11.9 Å². The topological polar surface area (TPSA) is 42.1 Å². The molecule has 0 fully saturated rings. The van der Waals surface area contributed by atoms with Gasteiger partial charge in [0, 0.05) is 24.2 Å². The van der Waals surface area contributed by atoms with Crippen LogP contribution in [0.25, 0.3) is 0 Å². The van der Waals surface area contributed by atoms with Crippen molar-refractivity contribution in [3.05, 3.63) is 45.2 Å². The molecule has 0 bridgehead atoms. The Bertz CT molecular complexity index is 524. The van der Waals surface area contributed by atoms with Crippen LogP contribution in [0.15, 0.2) is 30.5 Å². The maximum absolute atomic E-state index is 5.92. The number of nitrogens with zero attached hydrogens (tertiary/aromatic N) is 2. The Morgan fingerprint density at radius 1 is 1.44 bits per heavy atom. The summed E-state index contributed by atoms with van der Waals surface area (Å²) in [6.07, 6.45) is 1.80. The highest BCUT2D eigenvalue weighted by Gasteiger charge is 2.07. The molecule has 2 rings (SSSR count). The predicted molar refractivity (Wildman–Crippen MR) is 78.3 cm³/mol. The summed E-state index contributed by atoms with van der Waals surface area (Å²) in [5.74, 6) is 0.925. The minimum atomic E-state index is 0.0244. The zero-order valence-corrected chi connectivity index (χ0v) is 12.0. The number of nitrogens with two attached hydrogens (primary N) is 1. The molecule has 2 aromatic rings. The first kappa shape index (κ1) is 13.3. The number of thiophene rings is 1. The van der Waals surface area contributed by atoms with Gasteiger partial charge in [-0.25, -0.2) is 4.98 Å². The maximum Gasteiger partial charge on any atom is 0.128 e. The second kappa shape index (κ2) is 5.69. The minimum absolute atomic E-state index is 0.0244. The standard InChI is InChI=1S/C13H16ClN3S/c1-9(15)10-5-6-16-13(7-10)17(2)8-11-3-4-12(14)18-11/h3-7,9H,8,15H2,1-2H3/t9-/m1/s1. The van der Waals surface area contributed by atoms with E-state index < -0.39 is 0 Å². The SMILES string of the molecule is C[C@@H](N)c1ccnc(N(C)Cc2ccc(Cl)s2)c1. The first-order chi connectivity index (χ1) is 8.56. The summed E-state index contributed by atoms with van der Waals surface area (Å²) in [5.41, 5.74) is 6.97. The van der Waals surface area contributed by atoms with E-state index in [1.54, 1.807) is 17.5 Å². The van der Waals surface area contributed by atoms with Crippen LogP contribution in [0, 0.1) is 0 Å². The molecule has 0 unspecified atom stereocenters. The van der Waals surface area contributed by atoms with Crippen LogP contribution in [0.5, 0.6) is 0 Å². The van der Waals surface area contributed by atoms with Crippen molar-refractivity contribution in [3.8, 4) is 0 Å². The Kier molecular flexibility index (Phi) is 4.22. The normalized spacial score (nSPS) is 12.4. The van der Waals surface area contributed by atoms with Crippen molar-refractivity contribution in [1.29, 1.82) is 0 Å². The third-order valence-corrected chi connectivity index (χ3v) is 3.92.